The van der Waals surface area contributed by atoms with Crippen LogP contribution in [0.5, 0.6) is 0 Å². The fraction of sp³-hybridized carbons (Fsp3) is 0.583. The van der Waals surface area contributed by atoms with Crippen LogP contribution in [-0.4, -0.2) is 24.6 Å². The lowest BCUT2D eigenvalue weighted by molar-refractivity contribution is 0.389. The highest BCUT2D eigenvalue weighted by Gasteiger charge is 2.13. The highest BCUT2D eigenvalue weighted by molar-refractivity contribution is 9.10. The van der Waals surface area contributed by atoms with Crippen molar-refractivity contribution in [3.05, 3.63) is 22.3 Å². The highest BCUT2D eigenvalue weighted by Crippen LogP contribution is 2.21. The molecule has 1 aliphatic rings. The van der Waals surface area contributed by atoms with E-state index in [1.807, 2.05) is 13.1 Å². The summed E-state index contributed by atoms with van der Waals surface area (Å²) >= 11 is 3.53. The van der Waals surface area contributed by atoms with Gasteiger partial charge < -0.3 is 10.6 Å². The van der Waals surface area contributed by atoms with Gasteiger partial charge in [0.25, 0.3) is 0 Å². The lowest BCUT2D eigenvalue weighted by atomic mass is 9.98. The zero-order valence-electron chi connectivity index (χ0n) is 9.59. The van der Waals surface area contributed by atoms with Crippen molar-refractivity contribution in [2.24, 2.45) is 5.92 Å². The molecular weight excluding hydrogens is 266 g/mol. The highest BCUT2D eigenvalue weighted by atomic mass is 79.9. The molecule has 2 rings (SSSR count). The molecule has 0 aromatic carbocycles. The molecule has 0 saturated carbocycles. The van der Waals surface area contributed by atoms with Crippen molar-refractivity contribution in [3.63, 3.8) is 0 Å². The van der Waals surface area contributed by atoms with Crippen LogP contribution in [0, 0.1) is 12.8 Å². The Balaban J connectivity index is 1.88. The first kappa shape index (κ1) is 11.9. The number of aryl methyl sites for hydroxylation is 1. The smallest absolute Gasteiger partial charge is 0.140 e. The molecule has 2 N–H and O–H groups in total. The van der Waals surface area contributed by atoms with Crippen LogP contribution >= 0.6 is 15.9 Å². The normalized spacial score (nSPS) is 17.4. The Hall–Kier alpha value is -0.610. The summed E-state index contributed by atoms with van der Waals surface area (Å²) in [7, 11) is 0. The number of anilines is 1. The van der Waals surface area contributed by atoms with Crippen LogP contribution in [0.3, 0.4) is 0 Å². The number of piperidine rings is 1. The van der Waals surface area contributed by atoms with E-state index in [0.717, 1.165) is 35.8 Å². The van der Waals surface area contributed by atoms with Crippen molar-refractivity contribution in [3.8, 4) is 0 Å². The van der Waals surface area contributed by atoms with E-state index < -0.39 is 0 Å². The molecule has 0 aliphatic carbocycles. The summed E-state index contributed by atoms with van der Waals surface area (Å²) in [6.07, 6.45) is 4.42. The first-order valence-corrected chi connectivity index (χ1v) is 6.62. The van der Waals surface area contributed by atoms with Gasteiger partial charge in [-0.3, -0.25) is 0 Å². The Labute approximate surface area is 105 Å². The molecule has 0 amide bonds. The summed E-state index contributed by atoms with van der Waals surface area (Å²) in [4.78, 5) is 4.39. The molecule has 3 nitrogen and oxygen atoms in total. The van der Waals surface area contributed by atoms with Crippen LogP contribution in [0.4, 0.5) is 5.82 Å². The second kappa shape index (κ2) is 5.64. The number of nitrogens with zero attached hydrogens (tertiary/aromatic N) is 1. The molecule has 1 aromatic heterocycles. The molecule has 1 fully saturated rings. The minimum Gasteiger partial charge on any atom is -0.369 e. The number of pyridine rings is 1. The van der Waals surface area contributed by atoms with Crippen LogP contribution in [-0.2, 0) is 0 Å². The number of aromatic nitrogens is 1. The molecule has 16 heavy (non-hydrogen) atoms. The van der Waals surface area contributed by atoms with Gasteiger partial charge in [-0.2, -0.15) is 0 Å². The Bertz CT molecular complexity index is 348. The van der Waals surface area contributed by atoms with E-state index in [1.165, 1.54) is 18.4 Å². The third-order valence-electron chi connectivity index (χ3n) is 2.99. The summed E-state index contributed by atoms with van der Waals surface area (Å²) in [6, 6.07) is 2.09. The Kier molecular flexibility index (Phi) is 4.18. The largest absolute Gasteiger partial charge is 0.369 e. The Morgan fingerprint density at radius 2 is 2.25 bits per heavy atom. The van der Waals surface area contributed by atoms with Gasteiger partial charge >= 0.3 is 0 Å². The summed E-state index contributed by atoms with van der Waals surface area (Å²) in [6.45, 7) is 5.37. The SMILES string of the molecule is Cc1cnc(NCC2CCNCC2)c(Br)c1. The lowest BCUT2D eigenvalue weighted by Crippen LogP contribution is -2.31. The average molecular weight is 284 g/mol. The molecule has 88 valence electrons. The van der Waals surface area contributed by atoms with Gasteiger partial charge in [-0.1, -0.05) is 0 Å². The number of nitrogens with one attached hydrogen (secondary N) is 2. The molecular formula is C12H18BrN3. The molecule has 0 spiro atoms. The fourth-order valence-electron chi connectivity index (χ4n) is 1.99. The molecule has 0 bridgehead atoms. The van der Waals surface area contributed by atoms with Crippen LogP contribution in [0.15, 0.2) is 16.7 Å². The monoisotopic (exact) mass is 283 g/mol. The Morgan fingerprint density at radius 1 is 1.50 bits per heavy atom. The van der Waals surface area contributed by atoms with Gasteiger partial charge in [-0.25, -0.2) is 4.98 Å². The van der Waals surface area contributed by atoms with Crippen molar-refractivity contribution in [1.82, 2.24) is 10.3 Å². The van der Waals surface area contributed by atoms with Crippen molar-refractivity contribution < 1.29 is 0 Å². The predicted molar refractivity (Wildman–Crippen MR) is 70.8 cm³/mol. The van der Waals surface area contributed by atoms with Gasteiger partial charge in [-0.05, 0) is 66.3 Å². The first-order chi connectivity index (χ1) is 7.75. The van der Waals surface area contributed by atoms with Crippen molar-refractivity contribution in [2.75, 3.05) is 25.0 Å². The minimum absolute atomic E-state index is 0.774. The fourth-order valence-corrected chi connectivity index (χ4v) is 2.59. The molecule has 0 atom stereocenters. The molecule has 1 aliphatic heterocycles. The lowest BCUT2D eigenvalue weighted by Gasteiger charge is -2.23. The van der Waals surface area contributed by atoms with Gasteiger partial charge in [0.2, 0.25) is 0 Å². The van der Waals surface area contributed by atoms with E-state index in [1.54, 1.807) is 0 Å². The van der Waals surface area contributed by atoms with Crippen molar-refractivity contribution in [2.45, 2.75) is 19.8 Å². The molecule has 4 heteroatoms. The first-order valence-electron chi connectivity index (χ1n) is 5.82. The average Bonchev–Trinajstić information content (AvgIpc) is 2.29. The second-order valence-corrected chi connectivity index (χ2v) is 5.27. The minimum atomic E-state index is 0.774. The van der Waals surface area contributed by atoms with Crippen LogP contribution in [0.2, 0.25) is 0 Å². The maximum Gasteiger partial charge on any atom is 0.140 e. The predicted octanol–water partition coefficient (Wildman–Crippen LogP) is 2.56. The third-order valence-corrected chi connectivity index (χ3v) is 3.60. The van der Waals surface area contributed by atoms with E-state index in [9.17, 15) is 0 Å². The zero-order chi connectivity index (χ0) is 11.4. The van der Waals surface area contributed by atoms with Gasteiger partial charge in [0, 0.05) is 12.7 Å². The van der Waals surface area contributed by atoms with Gasteiger partial charge in [0.1, 0.15) is 5.82 Å². The van der Waals surface area contributed by atoms with E-state index in [-0.39, 0.29) is 0 Å². The maximum atomic E-state index is 4.39. The van der Waals surface area contributed by atoms with Crippen molar-refractivity contribution >= 4 is 21.7 Å². The van der Waals surface area contributed by atoms with E-state index in [4.69, 9.17) is 0 Å². The number of halogens is 1. The summed E-state index contributed by atoms with van der Waals surface area (Å²) in [5.74, 6) is 1.74. The van der Waals surface area contributed by atoms with Gasteiger partial charge in [-0.15, -0.1) is 0 Å². The van der Waals surface area contributed by atoms with Crippen LogP contribution in [0.25, 0.3) is 0 Å². The van der Waals surface area contributed by atoms with Gasteiger partial charge in [0.05, 0.1) is 4.47 Å². The second-order valence-electron chi connectivity index (χ2n) is 4.42. The number of hydrogen-bond donors (Lipinski definition) is 2. The quantitative estimate of drug-likeness (QED) is 0.895. The van der Waals surface area contributed by atoms with Crippen LogP contribution < -0.4 is 10.6 Å². The zero-order valence-corrected chi connectivity index (χ0v) is 11.2. The van der Waals surface area contributed by atoms with Crippen LogP contribution in [0.1, 0.15) is 18.4 Å². The molecule has 1 saturated heterocycles. The molecule has 1 aromatic rings. The summed E-state index contributed by atoms with van der Waals surface area (Å²) < 4.78 is 1.06. The standard InChI is InChI=1S/C12H18BrN3/c1-9-6-11(13)12(15-7-9)16-8-10-2-4-14-5-3-10/h6-7,10,14H,2-5,8H2,1H3,(H,15,16). The van der Waals surface area contributed by atoms with E-state index >= 15 is 0 Å². The summed E-state index contributed by atoms with van der Waals surface area (Å²) in [5.41, 5.74) is 1.18. The van der Waals surface area contributed by atoms with E-state index in [2.05, 4.69) is 37.6 Å². The van der Waals surface area contributed by atoms with Crippen molar-refractivity contribution in [1.29, 1.82) is 0 Å². The van der Waals surface area contributed by atoms with E-state index in [0.29, 0.717) is 0 Å². The van der Waals surface area contributed by atoms with Gasteiger partial charge in [0.15, 0.2) is 0 Å². The maximum absolute atomic E-state index is 4.39. The number of hydrogen-bond acceptors (Lipinski definition) is 3. The summed E-state index contributed by atoms with van der Waals surface area (Å²) in [5, 5.41) is 6.80. The molecule has 2 heterocycles. The third kappa shape index (κ3) is 3.19. The molecule has 0 unspecified atom stereocenters. The molecule has 0 radical (unpaired) electrons. The number of rotatable bonds is 3. The Morgan fingerprint density at radius 3 is 2.94 bits per heavy atom. The topological polar surface area (TPSA) is 37.0 Å².